The van der Waals surface area contributed by atoms with Crippen molar-refractivity contribution in [2.75, 3.05) is 5.32 Å². The molecule has 32 heavy (non-hydrogen) atoms. The fourth-order valence-electron chi connectivity index (χ4n) is 3.36. The van der Waals surface area contributed by atoms with Crippen LogP contribution in [0, 0.1) is 0 Å². The van der Waals surface area contributed by atoms with Crippen LogP contribution in [0.15, 0.2) is 93.9 Å². The van der Waals surface area contributed by atoms with Crippen LogP contribution < -0.4 is 5.32 Å². The van der Waals surface area contributed by atoms with Gasteiger partial charge in [-0.15, -0.1) is 0 Å². The summed E-state index contributed by atoms with van der Waals surface area (Å²) in [4.78, 5) is 26.0. The predicted octanol–water partition coefficient (Wildman–Crippen LogP) is 6.22. The van der Waals surface area contributed by atoms with Gasteiger partial charge in [0.05, 0.1) is 5.69 Å². The lowest BCUT2D eigenvalue weighted by molar-refractivity contribution is 0.101. The van der Waals surface area contributed by atoms with Crippen molar-refractivity contribution in [2.24, 2.45) is 0 Å². The number of aromatic nitrogens is 1. The van der Waals surface area contributed by atoms with Crippen LogP contribution in [0.1, 0.15) is 26.6 Å². The van der Waals surface area contributed by atoms with E-state index in [1.807, 2.05) is 6.07 Å². The minimum atomic E-state index is -0.525. The van der Waals surface area contributed by atoms with Crippen molar-refractivity contribution in [2.45, 2.75) is 0 Å². The SMILES string of the molecule is O=C(Nc1c(C(=O)c2ccccc2)oc2ccccc12)c1cc(-c2ccc(Cl)cc2)on1. The zero-order valence-electron chi connectivity index (χ0n) is 16.5. The minimum Gasteiger partial charge on any atom is -0.450 e. The minimum absolute atomic E-state index is 0.0483. The number of ketones is 1. The van der Waals surface area contributed by atoms with Crippen LogP contribution in [0.2, 0.25) is 5.02 Å². The number of benzene rings is 3. The summed E-state index contributed by atoms with van der Waals surface area (Å²) in [6.45, 7) is 0. The van der Waals surface area contributed by atoms with E-state index in [-0.39, 0.29) is 22.9 Å². The van der Waals surface area contributed by atoms with Crippen LogP contribution in [-0.4, -0.2) is 16.8 Å². The topological polar surface area (TPSA) is 85.3 Å². The largest absolute Gasteiger partial charge is 0.450 e. The quantitative estimate of drug-likeness (QED) is 0.326. The second kappa shape index (κ2) is 8.17. The number of hydrogen-bond acceptors (Lipinski definition) is 5. The average Bonchev–Trinajstić information content (AvgIpc) is 3.46. The standard InChI is InChI=1S/C25H15ClN2O4/c26-17-12-10-15(11-13-17)21-14-19(28-32-21)25(30)27-22-18-8-4-5-9-20(18)31-24(22)23(29)16-6-2-1-3-7-16/h1-14H,(H,27,30). The maximum absolute atomic E-state index is 13.1. The Morgan fingerprint density at radius 2 is 1.59 bits per heavy atom. The van der Waals surface area contributed by atoms with Gasteiger partial charge in [-0.1, -0.05) is 59.2 Å². The Labute approximate surface area is 187 Å². The summed E-state index contributed by atoms with van der Waals surface area (Å²) in [5.41, 5.74) is 2.03. The number of fused-ring (bicyclic) bond motifs is 1. The number of nitrogens with one attached hydrogen (secondary N) is 1. The molecule has 3 aromatic carbocycles. The van der Waals surface area contributed by atoms with Gasteiger partial charge in [-0.3, -0.25) is 9.59 Å². The molecule has 0 fully saturated rings. The van der Waals surface area contributed by atoms with E-state index >= 15 is 0 Å². The van der Waals surface area contributed by atoms with E-state index in [0.717, 1.165) is 5.56 Å². The Balaban J connectivity index is 1.49. The summed E-state index contributed by atoms with van der Waals surface area (Å²) in [7, 11) is 0. The van der Waals surface area contributed by atoms with Crippen LogP contribution in [0.25, 0.3) is 22.3 Å². The van der Waals surface area contributed by atoms with Gasteiger partial charge in [-0.05, 0) is 36.4 Å². The van der Waals surface area contributed by atoms with Gasteiger partial charge in [0.1, 0.15) is 5.58 Å². The summed E-state index contributed by atoms with van der Waals surface area (Å²) in [6, 6.07) is 24.4. The highest BCUT2D eigenvalue weighted by atomic mass is 35.5. The molecule has 6 nitrogen and oxygen atoms in total. The van der Waals surface area contributed by atoms with Gasteiger partial charge in [0.2, 0.25) is 5.78 Å². The molecule has 0 aliphatic heterocycles. The van der Waals surface area contributed by atoms with Crippen molar-refractivity contribution in [1.29, 1.82) is 0 Å². The molecule has 2 heterocycles. The first-order valence-corrected chi connectivity index (χ1v) is 10.1. The van der Waals surface area contributed by atoms with Crippen molar-refractivity contribution in [3.8, 4) is 11.3 Å². The number of amides is 1. The Morgan fingerprint density at radius 3 is 2.38 bits per heavy atom. The first-order valence-electron chi connectivity index (χ1n) is 9.75. The second-order valence-electron chi connectivity index (χ2n) is 7.03. The summed E-state index contributed by atoms with van der Waals surface area (Å²) >= 11 is 5.92. The maximum atomic E-state index is 13.1. The molecule has 5 aromatic rings. The van der Waals surface area contributed by atoms with Gasteiger partial charge in [-0.2, -0.15) is 0 Å². The van der Waals surface area contributed by atoms with E-state index < -0.39 is 5.91 Å². The molecule has 7 heteroatoms. The van der Waals surface area contributed by atoms with E-state index in [1.54, 1.807) is 72.8 Å². The van der Waals surface area contributed by atoms with Gasteiger partial charge in [0.15, 0.2) is 17.2 Å². The van der Waals surface area contributed by atoms with Gasteiger partial charge in [0.25, 0.3) is 5.91 Å². The molecule has 0 atom stereocenters. The van der Waals surface area contributed by atoms with Crippen LogP contribution in [0.4, 0.5) is 5.69 Å². The molecule has 0 aliphatic rings. The Bertz CT molecular complexity index is 1440. The Morgan fingerprint density at radius 1 is 0.875 bits per heavy atom. The van der Waals surface area contributed by atoms with Crippen molar-refractivity contribution < 1.29 is 18.5 Å². The number of anilines is 1. The molecule has 1 N–H and O–H groups in total. The molecule has 0 unspecified atom stereocenters. The second-order valence-corrected chi connectivity index (χ2v) is 7.47. The van der Waals surface area contributed by atoms with Crippen LogP contribution in [0.5, 0.6) is 0 Å². The zero-order valence-corrected chi connectivity index (χ0v) is 17.3. The fourth-order valence-corrected chi connectivity index (χ4v) is 3.49. The molecular formula is C25H15ClN2O4. The monoisotopic (exact) mass is 442 g/mol. The molecule has 156 valence electrons. The Hall–Kier alpha value is -4.16. The first-order chi connectivity index (χ1) is 15.6. The average molecular weight is 443 g/mol. The Kier molecular flexibility index (Phi) is 5.05. The normalized spacial score (nSPS) is 10.9. The van der Waals surface area contributed by atoms with Crippen LogP contribution in [-0.2, 0) is 0 Å². The molecule has 2 aromatic heterocycles. The van der Waals surface area contributed by atoms with Gasteiger partial charge in [0, 0.05) is 27.6 Å². The summed E-state index contributed by atoms with van der Waals surface area (Å²) in [6.07, 6.45) is 0. The van der Waals surface area contributed by atoms with E-state index in [0.29, 0.717) is 27.3 Å². The molecule has 5 rings (SSSR count). The third kappa shape index (κ3) is 3.68. The predicted molar refractivity (Wildman–Crippen MR) is 121 cm³/mol. The number of rotatable bonds is 5. The number of nitrogens with zero attached hydrogens (tertiary/aromatic N) is 1. The zero-order chi connectivity index (χ0) is 22.1. The molecule has 0 saturated heterocycles. The van der Waals surface area contributed by atoms with E-state index in [9.17, 15) is 9.59 Å². The molecule has 0 spiro atoms. The van der Waals surface area contributed by atoms with Crippen molar-refractivity contribution in [3.05, 3.63) is 107 Å². The third-order valence-electron chi connectivity index (χ3n) is 4.95. The van der Waals surface area contributed by atoms with Gasteiger partial charge < -0.3 is 14.3 Å². The lowest BCUT2D eigenvalue weighted by Gasteiger charge is -2.04. The van der Waals surface area contributed by atoms with E-state index in [2.05, 4.69) is 10.5 Å². The number of para-hydroxylation sites is 1. The summed E-state index contributed by atoms with van der Waals surface area (Å²) < 4.78 is 11.1. The lowest BCUT2D eigenvalue weighted by Crippen LogP contribution is -2.14. The third-order valence-corrected chi connectivity index (χ3v) is 5.20. The molecule has 0 aliphatic carbocycles. The van der Waals surface area contributed by atoms with Gasteiger partial charge in [-0.25, -0.2) is 0 Å². The van der Waals surface area contributed by atoms with Crippen molar-refractivity contribution >= 4 is 39.9 Å². The van der Waals surface area contributed by atoms with E-state index in [1.165, 1.54) is 6.07 Å². The highest BCUT2D eigenvalue weighted by Gasteiger charge is 2.24. The number of halogens is 1. The number of carbonyl (C=O) groups is 2. The van der Waals surface area contributed by atoms with Crippen molar-refractivity contribution in [1.82, 2.24) is 5.16 Å². The van der Waals surface area contributed by atoms with Gasteiger partial charge >= 0.3 is 0 Å². The summed E-state index contributed by atoms with van der Waals surface area (Å²) in [5.74, 6) is -0.390. The van der Waals surface area contributed by atoms with Crippen LogP contribution in [0.3, 0.4) is 0 Å². The van der Waals surface area contributed by atoms with Crippen molar-refractivity contribution in [3.63, 3.8) is 0 Å². The summed E-state index contributed by atoms with van der Waals surface area (Å²) in [5, 5.41) is 7.85. The molecular weight excluding hydrogens is 428 g/mol. The highest BCUT2D eigenvalue weighted by molar-refractivity contribution is 6.30. The highest BCUT2D eigenvalue weighted by Crippen LogP contribution is 2.33. The lowest BCUT2D eigenvalue weighted by atomic mass is 10.1. The van der Waals surface area contributed by atoms with E-state index in [4.69, 9.17) is 20.5 Å². The molecule has 0 saturated carbocycles. The first kappa shape index (κ1) is 19.8. The fraction of sp³-hybridized carbons (Fsp3) is 0. The molecule has 1 amide bonds. The number of furan rings is 1. The maximum Gasteiger partial charge on any atom is 0.277 e. The smallest absolute Gasteiger partial charge is 0.277 e. The number of carbonyl (C=O) groups excluding carboxylic acids is 2. The van der Waals surface area contributed by atoms with Crippen LogP contribution >= 0.6 is 11.6 Å². The molecule has 0 radical (unpaired) electrons. The molecule has 0 bridgehead atoms. The number of hydrogen-bond donors (Lipinski definition) is 1.